The van der Waals surface area contributed by atoms with E-state index in [2.05, 4.69) is 4.90 Å². The predicted octanol–water partition coefficient (Wildman–Crippen LogP) is 4.08. The highest BCUT2D eigenvalue weighted by atomic mass is 32.2. The second-order valence-electron chi connectivity index (χ2n) is 8.26. The SMILES string of the molecule is Cc1ccc(S(=O)(=O)N2CCN(Cc3nc(-c4ccccc4C)oc3C)CC2)cc1C. The zero-order valence-corrected chi connectivity index (χ0v) is 19.4. The van der Waals surface area contributed by atoms with Crippen molar-refractivity contribution >= 4 is 10.0 Å². The smallest absolute Gasteiger partial charge is 0.243 e. The van der Waals surface area contributed by atoms with E-state index in [1.165, 1.54) is 0 Å². The molecular formula is C24H29N3O3S. The van der Waals surface area contributed by atoms with Crippen molar-refractivity contribution in [3.8, 4) is 11.5 Å². The fourth-order valence-corrected chi connectivity index (χ4v) is 5.37. The first kappa shape index (κ1) is 21.7. The van der Waals surface area contributed by atoms with Crippen LogP contribution in [0.4, 0.5) is 0 Å². The summed E-state index contributed by atoms with van der Waals surface area (Å²) in [7, 11) is -3.47. The minimum Gasteiger partial charge on any atom is -0.441 e. The van der Waals surface area contributed by atoms with Gasteiger partial charge in [0, 0.05) is 38.3 Å². The molecule has 0 N–H and O–H groups in total. The average molecular weight is 440 g/mol. The van der Waals surface area contributed by atoms with Gasteiger partial charge in [-0.2, -0.15) is 4.31 Å². The molecule has 0 radical (unpaired) electrons. The zero-order chi connectivity index (χ0) is 22.2. The molecule has 0 saturated carbocycles. The molecule has 0 bridgehead atoms. The number of aryl methyl sites for hydroxylation is 4. The van der Waals surface area contributed by atoms with Crippen LogP contribution in [-0.4, -0.2) is 48.8 Å². The average Bonchev–Trinajstić information content (AvgIpc) is 3.10. The number of hydrogen-bond donors (Lipinski definition) is 0. The van der Waals surface area contributed by atoms with Crippen LogP contribution >= 0.6 is 0 Å². The summed E-state index contributed by atoms with van der Waals surface area (Å²) < 4.78 is 33.6. The first-order valence-electron chi connectivity index (χ1n) is 10.6. The van der Waals surface area contributed by atoms with Crippen LogP contribution in [-0.2, 0) is 16.6 Å². The molecular weight excluding hydrogens is 410 g/mol. The van der Waals surface area contributed by atoms with E-state index >= 15 is 0 Å². The number of aromatic nitrogens is 1. The Bertz CT molecular complexity index is 1190. The zero-order valence-electron chi connectivity index (χ0n) is 18.6. The van der Waals surface area contributed by atoms with Gasteiger partial charge in [0.1, 0.15) is 5.76 Å². The van der Waals surface area contributed by atoms with Crippen LogP contribution in [0.15, 0.2) is 51.8 Å². The Kier molecular flexibility index (Phi) is 6.01. The summed E-state index contributed by atoms with van der Waals surface area (Å²) in [5.74, 6) is 1.45. The lowest BCUT2D eigenvalue weighted by Crippen LogP contribution is -2.48. The Labute approximate surface area is 184 Å². The molecule has 6 nitrogen and oxygen atoms in total. The Hall–Kier alpha value is -2.48. The van der Waals surface area contributed by atoms with Crippen LogP contribution in [0.25, 0.3) is 11.5 Å². The summed E-state index contributed by atoms with van der Waals surface area (Å²) in [5, 5.41) is 0. The standard InChI is InChI=1S/C24H29N3O3S/c1-17-9-10-21(15-19(17)3)31(28,29)27-13-11-26(12-14-27)16-23-20(4)30-24(25-23)22-8-6-5-7-18(22)2/h5-10,15H,11-14,16H2,1-4H3. The first-order valence-corrected chi connectivity index (χ1v) is 12.0. The molecule has 0 spiro atoms. The molecule has 1 fully saturated rings. The van der Waals surface area contributed by atoms with E-state index in [4.69, 9.17) is 9.40 Å². The number of nitrogens with zero attached hydrogens (tertiary/aromatic N) is 3. The second kappa shape index (κ2) is 8.57. The van der Waals surface area contributed by atoms with Gasteiger partial charge >= 0.3 is 0 Å². The van der Waals surface area contributed by atoms with Crippen molar-refractivity contribution in [2.75, 3.05) is 26.2 Å². The predicted molar refractivity (Wildman–Crippen MR) is 121 cm³/mol. The van der Waals surface area contributed by atoms with Crippen molar-refractivity contribution in [1.29, 1.82) is 0 Å². The largest absolute Gasteiger partial charge is 0.441 e. The van der Waals surface area contributed by atoms with Crippen molar-refractivity contribution < 1.29 is 12.8 Å². The summed E-state index contributed by atoms with van der Waals surface area (Å²) in [5.41, 5.74) is 5.12. The topological polar surface area (TPSA) is 66.7 Å². The molecule has 1 aliphatic rings. The second-order valence-corrected chi connectivity index (χ2v) is 10.2. The maximum Gasteiger partial charge on any atom is 0.243 e. The molecule has 0 atom stereocenters. The minimum absolute atomic E-state index is 0.374. The van der Waals surface area contributed by atoms with Gasteiger partial charge in [-0.15, -0.1) is 0 Å². The van der Waals surface area contributed by atoms with Gasteiger partial charge in [0.2, 0.25) is 15.9 Å². The van der Waals surface area contributed by atoms with Gasteiger partial charge in [0.15, 0.2) is 0 Å². The van der Waals surface area contributed by atoms with Gasteiger partial charge in [0.05, 0.1) is 10.6 Å². The third-order valence-corrected chi connectivity index (χ3v) is 7.98. The number of rotatable bonds is 5. The Balaban J connectivity index is 1.43. The molecule has 164 valence electrons. The van der Waals surface area contributed by atoms with Gasteiger partial charge in [-0.25, -0.2) is 13.4 Å². The molecule has 2 aromatic carbocycles. The molecule has 1 aromatic heterocycles. The summed E-state index contributed by atoms with van der Waals surface area (Å²) in [6.07, 6.45) is 0. The van der Waals surface area contributed by atoms with Crippen molar-refractivity contribution in [2.45, 2.75) is 39.1 Å². The lowest BCUT2D eigenvalue weighted by molar-refractivity contribution is 0.179. The van der Waals surface area contributed by atoms with Crippen molar-refractivity contribution in [3.63, 3.8) is 0 Å². The first-order chi connectivity index (χ1) is 14.8. The van der Waals surface area contributed by atoms with Gasteiger partial charge in [-0.1, -0.05) is 24.3 Å². The number of oxazole rings is 1. The van der Waals surface area contributed by atoms with E-state index in [0.29, 0.717) is 43.5 Å². The molecule has 1 saturated heterocycles. The van der Waals surface area contributed by atoms with E-state index in [-0.39, 0.29) is 0 Å². The normalized spacial score (nSPS) is 16.0. The third-order valence-electron chi connectivity index (χ3n) is 6.09. The highest BCUT2D eigenvalue weighted by Gasteiger charge is 2.29. The Morgan fingerprint density at radius 2 is 1.61 bits per heavy atom. The molecule has 0 aliphatic carbocycles. The summed E-state index contributed by atoms with van der Waals surface area (Å²) in [6.45, 7) is 10.8. The Morgan fingerprint density at radius 1 is 0.903 bits per heavy atom. The van der Waals surface area contributed by atoms with Crippen LogP contribution < -0.4 is 0 Å². The third kappa shape index (κ3) is 4.44. The van der Waals surface area contributed by atoms with Crippen LogP contribution in [0.3, 0.4) is 0 Å². The van der Waals surface area contributed by atoms with E-state index < -0.39 is 10.0 Å². The van der Waals surface area contributed by atoms with Crippen LogP contribution in [0.1, 0.15) is 28.1 Å². The number of benzene rings is 2. The maximum atomic E-state index is 13.0. The molecule has 7 heteroatoms. The maximum absolute atomic E-state index is 13.0. The van der Waals surface area contributed by atoms with E-state index in [0.717, 1.165) is 33.7 Å². The monoisotopic (exact) mass is 439 g/mol. The molecule has 4 rings (SSSR count). The van der Waals surface area contributed by atoms with E-state index in [1.54, 1.807) is 16.4 Å². The summed E-state index contributed by atoms with van der Waals surface area (Å²) >= 11 is 0. The Morgan fingerprint density at radius 3 is 2.29 bits per heavy atom. The lowest BCUT2D eigenvalue weighted by atomic mass is 10.1. The minimum atomic E-state index is -3.47. The fourth-order valence-electron chi connectivity index (χ4n) is 3.87. The van der Waals surface area contributed by atoms with Gasteiger partial charge in [-0.05, 0) is 62.6 Å². The van der Waals surface area contributed by atoms with Crippen molar-refractivity contribution in [1.82, 2.24) is 14.2 Å². The molecule has 0 amide bonds. The fraction of sp³-hybridized carbons (Fsp3) is 0.375. The summed E-state index contributed by atoms with van der Waals surface area (Å²) in [4.78, 5) is 7.34. The van der Waals surface area contributed by atoms with Crippen molar-refractivity contribution in [2.24, 2.45) is 0 Å². The van der Waals surface area contributed by atoms with Crippen molar-refractivity contribution in [3.05, 3.63) is 70.6 Å². The van der Waals surface area contributed by atoms with E-state index in [1.807, 2.05) is 58.0 Å². The van der Waals surface area contributed by atoms with Crippen LogP contribution in [0.2, 0.25) is 0 Å². The quantitative estimate of drug-likeness (QED) is 0.599. The number of hydrogen-bond acceptors (Lipinski definition) is 5. The van der Waals surface area contributed by atoms with Gasteiger partial charge in [-0.3, -0.25) is 4.90 Å². The summed E-state index contributed by atoms with van der Waals surface area (Å²) in [6, 6.07) is 13.4. The molecule has 2 heterocycles. The molecule has 0 unspecified atom stereocenters. The highest BCUT2D eigenvalue weighted by Crippen LogP contribution is 2.26. The molecule has 1 aliphatic heterocycles. The van der Waals surface area contributed by atoms with Crippen LogP contribution in [0.5, 0.6) is 0 Å². The number of piperazine rings is 1. The van der Waals surface area contributed by atoms with Gasteiger partial charge < -0.3 is 4.42 Å². The molecule has 31 heavy (non-hydrogen) atoms. The van der Waals surface area contributed by atoms with Gasteiger partial charge in [0.25, 0.3) is 0 Å². The number of sulfonamides is 1. The van der Waals surface area contributed by atoms with E-state index in [9.17, 15) is 8.42 Å². The van der Waals surface area contributed by atoms with Crippen LogP contribution in [0, 0.1) is 27.7 Å². The molecule has 3 aromatic rings. The lowest BCUT2D eigenvalue weighted by Gasteiger charge is -2.33. The highest BCUT2D eigenvalue weighted by molar-refractivity contribution is 7.89.